The first-order valence-electron chi connectivity index (χ1n) is 9.15. The smallest absolute Gasteiger partial charge is 0.272 e. The number of hydrogen-bond acceptors (Lipinski definition) is 7. The van der Waals surface area contributed by atoms with Crippen molar-refractivity contribution >= 4 is 27.6 Å². The van der Waals surface area contributed by atoms with Crippen molar-refractivity contribution in [1.29, 1.82) is 0 Å². The summed E-state index contributed by atoms with van der Waals surface area (Å²) in [6, 6.07) is 1.41. The van der Waals surface area contributed by atoms with E-state index in [4.69, 9.17) is 0 Å². The van der Waals surface area contributed by atoms with Crippen molar-refractivity contribution in [3.63, 3.8) is 0 Å². The van der Waals surface area contributed by atoms with Gasteiger partial charge >= 0.3 is 0 Å². The number of nitrogens with zero attached hydrogens (tertiary/aromatic N) is 5. The largest absolute Gasteiger partial charge is 0.339 e. The van der Waals surface area contributed by atoms with Gasteiger partial charge in [0.1, 0.15) is 5.69 Å². The Morgan fingerprint density at radius 1 is 1.22 bits per heavy atom. The molecule has 0 aromatic carbocycles. The van der Waals surface area contributed by atoms with E-state index in [9.17, 15) is 18.0 Å². The number of carbonyl (C=O) groups excluding carboxylic acids is 2. The van der Waals surface area contributed by atoms with Crippen LogP contribution >= 0.6 is 0 Å². The van der Waals surface area contributed by atoms with Gasteiger partial charge in [0.05, 0.1) is 11.5 Å². The lowest BCUT2D eigenvalue weighted by atomic mass is 10.2. The van der Waals surface area contributed by atoms with Crippen LogP contribution in [0.2, 0.25) is 0 Å². The minimum atomic E-state index is -3.02. The van der Waals surface area contributed by atoms with Gasteiger partial charge in [-0.05, 0) is 19.4 Å². The highest BCUT2D eigenvalue weighted by molar-refractivity contribution is 7.91. The van der Waals surface area contributed by atoms with Crippen molar-refractivity contribution in [3.05, 3.63) is 18.0 Å². The number of piperazine rings is 1. The molecule has 1 aromatic rings. The van der Waals surface area contributed by atoms with Gasteiger partial charge in [0.15, 0.2) is 9.84 Å². The molecule has 2 amide bonds. The van der Waals surface area contributed by atoms with E-state index in [0.717, 1.165) is 0 Å². The highest BCUT2D eigenvalue weighted by Gasteiger charge is 2.33. The molecule has 0 aliphatic carbocycles. The first-order chi connectivity index (χ1) is 12.8. The summed E-state index contributed by atoms with van der Waals surface area (Å²) in [5, 5.41) is 0. The Labute approximate surface area is 159 Å². The Morgan fingerprint density at radius 2 is 1.89 bits per heavy atom. The normalized spacial score (nSPS) is 21.9. The molecule has 0 saturated carbocycles. The molecule has 27 heavy (non-hydrogen) atoms. The third-order valence-corrected chi connectivity index (χ3v) is 6.87. The SMILES string of the molecule is CCN(c1nccc(C(=O)N2CCN(C(C)=O)CC2)n1)C1CCS(=O)(=O)C1. The van der Waals surface area contributed by atoms with Crippen molar-refractivity contribution < 1.29 is 18.0 Å². The Kier molecular flexibility index (Phi) is 5.64. The van der Waals surface area contributed by atoms with Crippen molar-refractivity contribution in [2.45, 2.75) is 26.3 Å². The lowest BCUT2D eigenvalue weighted by Gasteiger charge is -2.34. The van der Waals surface area contributed by atoms with Gasteiger partial charge in [0.2, 0.25) is 11.9 Å². The van der Waals surface area contributed by atoms with Gasteiger partial charge in [0, 0.05) is 51.9 Å². The minimum Gasteiger partial charge on any atom is -0.339 e. The predicted octanol–water partition coefficient (Wildman–Crippen LogP) is -0.206. The van der Waals surface area contributed by atoms with Gasteiger partial charge in [-0.2, -0.15) is 0 Å². The van der Waals surface area contributed by atoms with Crippen molar-refractivity contribution in [2.75, 3.05) is 49.1 Å². The molecule has 1 aromatic heterocycles. The summed E-state index contributed by atoms with van der Waals surface area (Å²) in [6.45, 7) is 5.97. The van der Waals surface area contributed by atoms with E-state index in [2.05, 4.69) is 9.97 Å². The van der Waals surface area contributed by atoms with E-state index >= 15 is 0 Å². The van der Waals surface area contributed by atoms with Crippen LogP contribution in [0.1, 0.15) is 30.8 Å². The monoisotopic (exact) mass is 395 g/mol. The molecule has 9 nitrogen and oxygen atoms in total. The van der Waals surface area contributed by atoms with Gasteiger partial charge in [-0.3, -0.25) is 9.59 Å². The Bertz CT molecular complexity index is 820. The highest BCUT2D eigenvalue weighted by Crippen LogP contribution is 2.22. The van der Waals surface area contributed by atoms with E-state index in [0.29, 0.717) is 45.1 Å². The van der Waals surface area contributed by atoms with E-state index in [-0.39, 0.29) is 35.1 Å². The molecular formula is C17H25N5O4S. The summed E-state index contributed by atoms with van der Waals surface area (Å²) in [6.07, 6.45) is 2.08. The fraction of sp³-hybridized carbons (Fsp3) is 0.647. The molecule has 2 aliphatic heterocycles. The van der Waals surface area contributed by atoms with Crippen molar-refractivity contribution in [1.82, 2.24) is 19.8 Å². The number of aromatic nitrogens is 2. The van der Waals surface area contributed by atoms with Crippen LogP contribution in [0.4, 0.5) is 5.95 Å². The van der Waals surface area contributed by atoms with E-state index in [1.54, 1.807) is 15.9 Å². The van der Waals surface area contributed by atoms with Crippen LogP contribution < -0.4 is 4.90 Å². The fourth-order valence-corrected chi connectivity index (χ4v) is 5.31. The number of carbonyl (C=O) groups is 2. The van der Waals surface area contributed by atoms with Crippen molar-refractivity contribution in [3.8, 4) is 0 Å². The molecule has 1 atom stereocenters. The second kappa shape index (κ2) is 7.79. The lowest BCUT2D eigenvalue weighted by Crippen LogP contribution is -2.50. The minimum absolute atomic E-state index is 0.0107. The molecule has 2 aliphatic rings. The predicted molar refractivity (Wildman–Crippen MR) is 100 cm³/mol. The van der Waals surface area contributed by atoms with Gasteiger partial charge in [-0.15, -0.1) is 0 Å². The van der Waals surface area contributed by atoms with Gasteiger partial charge in [0.25, 0.3) is 5.91 Å². The first-order valence-corrected chi connectivity index (χ1v) is 11.0. The molecule has 1 unspecified atom stereocenters. The van der Waals surface area contributed by atoms with Gasteiger partial charge < -0.3 is 14.7 Å². The average molecular weight is 395 g/mol. The quantitative estimate of drug-likeness (QED) is 0.695. The van der Waals surface area contributed by atoms with Crippen LogP contribution in [0.5, 0.6) is 0 Å². The summed E-state index contributed by atoms with van der Waals surface area (Å²) in [5.74, 6) is 0.462. The number of anilines is 1. The maximum Gasteiger partial charge on any atom is 0.272 e. The average Bonchev–Trinajstić information content (AvgIpc) is 3.01. The highest BCUT2D eigenvalue weighted by atomic mass is 32.2. The summed E-state index contributed by atoms with van der Waals surface area (Å²) in [5.41, 5.74) is 0.288. The van der Waals surface area contributed by atoms with E-state index in [1.807, 2.05) is 11.8 Å². The van der Waals surface area contributed by atoms with Crippen LogP contribution in [0, 0.1) is 0 Å². The molecule has 3 rings (SSSR count). The fourth-order valence-electron chi connectivity index (χ4n) is 3.58. The molecule has 0 spiro atoms. The van der Waals surface area contributed by atoms with Crippen LogP contribution in [0.15, 0.2) is 12.3 Å². The Balaban J connectivity index is 1.73. The Hall–Kier alpha value is -2.23. The molecule has 10 heteroatoms. The van der Waals surface area contributed by atoms with E-state index < -0.39 is 9.84 Å². The molecule has 0 radical (unpaired) electrons. The molecular weight excluding hydrogens is 370 g/mol. The maximum absolute atomic E-state index is 12.8. The summed E-state index contributed by atoms with van der Waals surface area (Å²) >= 11 is 0. The van der Waals surface area contributed by atoms with Crippen LogP contribution in [-0.4, -0.2) is 90.3 Å². The van der Waals surface area contributed by atoms with Crippen LogP contribution in [0.25, 0.3) is 0 Å². The molecule has 3 heterocycles. The zero-order valence-electron chi connectivity index (χ0n) is 15.7. The third kappa shape index (κ3) is 4.37. The zero-order chi connectivity index (χ0) is 19.6. The topological polar surface area (TPSA) is 104 Å². The van der Waals surface area contributed by atoms with Crippen molar-refractivity contribution in [2.24, 2.45) is 0 Å². The van der Waals surface area contributed by atoms with Gasteiger partial charge in [-0.1, -0.05) is 0 Å². The number of amides is 2. The zero-order valence-corrected chi connectivity index (χ0v) is 16.5. The van der Waals surface area contributed by atoms with Gasteiger partial charge in [-0.25, -0.2) is 18.4 Å². The summed E-state index contributed by atoms with van der Waals surface area (Å²) < 4.78 is 23.6. The number of rotatable bonds is 4. The summed E-state index contributed by atoms with van der Waals surface area (Å²) in [4.78, 5) is 38.1. The number of sulfone groups is 1. The second-order valence-electron chi connectivity index (χ2n) is 6.88. The molecule has 0 N–H and O–H groups in total. The third-order valence-electron chi connectivity index (χ3n) is 5.12. The molecule has 2 saturated heterocycles. The van der Waals surface area contributed by atoms with E-state index in [1.165, 1.54) is 13.1 Å². The molecule has 0 bridgehead atoms. The Morgan fingerprint density at radius 3 is 2.44 bits per heavy atom. The molecule has 2 fully saturated rings. The van der Waals surface area contributed by atoms with Crippen LogP contribution in [0.3, 0.4) is 0 Å². The number of hydrogen-bond donors (Lipinski definition) is 0. The summed E-state index contributed by atoms with van der Waals surface area (Å²) in [7, 11) is -3.02. The maximum atomic E-state index is 12.8. The van der Waals surface area contributed by atoms with Crippen LogP contribution in [-0.2, 0) is 14.6 Å². The molecule has 148 valence electrons. The lowest BCUT2D eigenvalue weighted by molar-refractivity contribution is -0.130. The standard InChI is InChI=1S/C17H25N5O4S/c1-3-22(14-5-11-27(25,26)12-14)17-18-6-4-15(19-17)16(24)21-9-7-20(8-10-21)13(2)23/h4,6,14H,3,5,7-12H2,1-2H3. The second-order valence-corrected chi connectivity index (χ2v) is 9.11. The first kappa shape index (κ1) is 19.5.